The van der Waals surface area contributed by atoms with E-state index in [0.717, 1.165) is 60.9 Å². The van der Waals surface area contributed by atoms with Gasteiger partial charge in [0.05, 0.1) is 17.6 Å². The van der Waals surface area contributed by atoms with Crippen molar-refractivity contribution in [1.29, 1.82) is 0 Å². The molecule has 2 atom stereocenters. The zero-order valence-corrected chi connectivity index (χ0v) is 26.8. The lowest BCUT2D eigenvalue weighted by atomic mass is 9.48. The van der Waals surface area contributed by atoms with Crippen LogP contribution >= 0.6 is 0 Å². The maximum absolute atomic E-state index is 13.8. The van der Waals surface area contributed by atoms with E-state index in [0.29, 0.717) is 56.9 Å². The molecule has 1 N–H and O–H groups in total. The molecule has 4 bridgehead atoms. The molecule has 0 aromatic heterocycles. The molecule has 0 spiro atoms. The number of carbonyl (C=O) groups is 2. The van der Waals surface area contributed by atoms with Crippen LogP contribution in [-0.2, 0) is 19.6 Å². The average molecular weight is 620 g/mol. The predicted molar refractivity (Wildman–Crippen MR) is 174 cm³/mol. The lowest BCUT2D eigenvalue weighted by molar-refractivity contribution is -0.128. The number of anilines is 4. The number of sulfonamides is 1. The van der Waals surface area contributed by atoms with E-state index in [4.69, 9.17) is 0 Å². The van der Waals surface area contributed by atoms with Gasteiger partial charge in [0.25, 0.3) is 0 Å². The molecule has 9 nitrogen and oxygen atoms in total. The molecule has 2 aliphatic heterocycles. The first kappa shape index (κ1) is 29.6. The van der Waals surface area contributed by atoms with Gasteiger partial charge in [-0.1, -0.05) is 12.1 Å². The van der Waals surface area contributed by atoms with E-state index in [1.807, 2.05) is 17.0 Å². The molecule has 4 aliphatic carbocycles. The molecule has 8 rings (SSSR count). The zero-order valence-electron chi connectivity index (χ0n) is 26.0. The Morgan fingerprint density at radius 3 is 2.11 bits per heavy atom. The quantitative estimate of drug-likeness (QED) is 0.495. The van der Waals surface area contributed by atoms with Crippen LogP contribution in [-0.4, -0.2) is 75.6 Å². The van der Waals surface area contributed by atoms with E-state index in [-0.39, 0.29) is 17.4 Å². The molecule has 4 saturated carbocycles. The summed E-state index contributed by atoms with van der Waals surface area (Å²) >= 11 is 0. The summed E-state index contributed by atoms with van der Waals surface area (Å²) in [4.78, 5) is 32.2. The van der Waals surface area contributed by atoms with Crippen LogP contribution in [0.4, 0.5) is 22.7 Å². The second-order valence-corrected chi connectivity index (χ2v) is 16.0. The summed E-state index contributed by atoms with van der Waals surface area (Å²) in [6.07, 6.45) is 8.60. The second-order valence-electron chi connectivity index (χ2n) is 14.0. The first-order valence-corrected chi connectivity index (χ1v) is 18.2. The van der Waals surface area contributed by atoms with Gasteiger partial charge in [-0.25, -0.2) is 8.42 Å². The topological polar surface area (TPSA) is 93.3 Å². The molecule has 6 aliphatic rings. The van der Waals surface area contributed by atoms with E-state index in [9.17, 15) is 18.0 Å². The zero-order chi connectivity index (χ0) is 30.6. The van der Waals surface area contributed by atoms with Crippen molar-refractivity contribution in [3.05, 3.63) is 48.5 Å². The molecule has 2 aromatic carbocycles. The van der Waals surface area contributed by atoms with Gasteiger partial charge in [0.2, 0.25) is 21.8 Å². The number of piperazine rings is 1. The van der Waals surface area contributed by atoms with E-state index in [1.54, 1.807) is 11.2 Å². The molecule has 1 saturated heterocycles. The van der Waals surface area contributed by atoms with Gasteiger partial charge >= 0.3 is 0 Å². The number of hydrogen-bond donors (Lipinski definition) is 1. The van der Waals surface area contributed by atoms with Crippen LogP contribution in [0.2, 0.25) is 0 Å². The summed E-state index contributed by atoms with van der Waals surface area (Å²) in [5, 5.41) is 3.34. The highest BCUT2D eigenvalue weighted by Gasteiger charge is 2.55. The number of hydrogen-bond acceptors (Lipinski definition) is 6. The fourth-order valence-corrected chi connectivity index (χ4v) is 10.4. The normalized spacial score (nSPS) is 29.9. The molecule has 236 valence electrons. The maximum Gasteiger partial charge on any atom is 0.227 e. The number of amides is 2. The summed E-state index contributed by atoms with van der Waals surface area (Å²) in [6, 6.07) is 16.7. The van der Waals surface area contributed by atoms with Crippen molar-refractivity contribution in [3.8, 4) is 0 Å². The molecule has 44 heavy (non-hydrogen) atoms. The van der Waals surface area contributed by atoms with Crippen molar-refractivity contribution in [2.24, 2.45) is 23.7 Å². The average Bonchev–Trinajstić information content (AvgIpc) is 2.99. The van der Waals surface area contributed by atoms with E-state index < -0.39 is 10.0 Å². The number of nitrogens with zero attached hydrogens (tertiary/aromatic N) is 4. The lowest BCUT2D eigenvalue weighted by Gasteiger charge is -2.60. The van der Waals surface area contributed by atoms with Gasteiger partial charge in [-0.15, -0.1) is 0 Å². The van der Waals surface area contributed by atoms with E-state index >= 15 is 0 Å². The molecule has 2 heterocycles. The number of rotatable bonds is 7. The Kier molecular flexibility index (Phi) is 7.64. The Labute approximate surface area is 261 Å². The number of fused-ring (bicyclic) bond motifs is 1. The molecule has 2 aromatic rings. The highest BCUT2D eigenvalue weighted by molar-refractivity contribution is 7.88. The van der Waals surface area contributed by atoms with Gasteiger partial charge in [-0.3, -0.25) is 9.59 Å². The Morgan fingerprint density at radius 2 is 1.48 bits per heavy atom. The van der Waals surface area contributed by atoms with Crippen molar-refractivity contribution in [2.45, 2.75) is 57.4 Å². The smallest absolute Gasteiger partial charge is 0.227 e. The standard InChI is InChI=1S/C34H45N5O4S/c1-24(40)35-34-21-25-19-26(22-34)30(27(20-25)23-34)11-12-33(41)39-18-17-38(31-5-3-4-6-32(31)39)29-9-7-28(8-10-29)36-13-15-37(16-14-36)44(2,42)43/h3-10,25-27,30H,11-23H2,1-2H3,(H,35,40). The number of nitrogens with one attached hydrogen (secondary N) is 1. The first-order chi connectivity index (χ1) is 21.1. The van der Waals surface area contributed by atoms with Crippen LogP contribution in [0.15, 0.2) is 48.5 Å². The summed E-state index contributed by atoms with van der Waals surface area (Å²) < 4.78 is 25.3. The van der Waals surface area contributed by atoms with Crippen molar-refractivity contribution < 1.29 is 18.0 Å². The monoisotopic (exact) mass is 619 g/mol. The second kappa shape index (κ2) is 11.4. The Balaban J connectivity index is 0.999. The largest absolute Gasteiger partial charge is 0.369 e. The fraction of sp³-hybridized carbons (Fsp3) is 0.588. The van der Waals surface area contributed by atoms with Crippen LogP contribution in [0.1, 0.15) is 51.9 Å². The highest BCUT2D eigenvalue weighted by atomic mass is 32.2. The third-order valence-corrected chi connectivity index (χ3v) is 12.5. The minimum Gasteiger partial charge on any atom is -0.369 e. The molecule has 2 amide bonds. The van der Waals surface area contributed by atoms with Crippen LogP contribution in [0, 0.1) is 23.7 Å². The van der Waals surface area contributed by atoms with Crippen molar-refractivity contribution in [1.82, 2.24) is 9.62 Å². The van der Waals surface area contributed by atoms with Gasteiger partial charge in [-0.05, 0) is 98.6 Å². The number of carbonyl (C=O) groups excluding carboxylic acids is 2. The van der Waals surface area contributed by atoms with Crippen molar-refractivity contribution in [2.75, 3.05) is 60.2 Å². The Morgan fingerprint density at radius 1 is 0.841 bits per heavy atom. The predicted octanol–water partition coefficient (Wildman–Crippen LogP) is 4.36. The minimum absolute atomic E-state index is 0.00351. The molecule has 2 unspecified atom stereocenters. The lowest BCUT2D eigenvalue weighted by Crippen LogP contribution is -2.62. The first-order valence-electron chi connectivity index (χ1n) is 16.3. The molecular weight excluding hydrogens is 574 g/mol. The molecule has 10 heteroatoms. The van der Waals surface area contributed by atoms with Gasteiger partial charge in [-0.2, -0.15) is 4.31 Å². The van der Waals surface area contributed by atoms with Crippen LogP contribution in [0.5, 0.6) is 0 Å². The number of para-hydroxylation sites is 2. The molecular formula is C34H45N5O4S. The minimum atomic E-state index is -3.15. The molecule has 0 radical (unpaired) electrons. The third kappa shape index (κ3) is 5.60. The van der Waals surface area contributed by atoms with Crippen LogP contribution in [0.3, 0.4) is 0 Å². The van der Waals surface area contributed by atoms with Crippen LogP contribution < -0.4 is 20.0 Å². The van der Waals surface area contributed by atoms with Crippen molar-refractivity contribution in [3.63, 3.8) is 0 Å². The SMILES string of the molecule is CC(=O)NC12CC3CC(C1)C(CCC(=O)N1CCN(c4ccc(N5CCN(S(C)(=O)=O)CC5)cc4)c4ccccc41)C(C3)C2. The summed E-state index contributed by atoms with van der Waals surface area (Å²) in [6.45, 7) is 5.38. The summed E-state index contributed by atoms with van der Waals surface area (Å²) in [5.41, 5.74) is 4.21. The van der Waals surface area contributed by atoms with E-state index in [1.165, 1.54) is 19.1 Å². The Bertz CT molecular complexity index is 1500. The van der Waals surface area contributed by atoms with E-state index in [2.05, 4.69) is 51.5 Å². The van der Waals surface area contributed by atoms with Crippen molar-refractivity contribution >= 4 is 44.6 Å². The van der Waals surface area contributed by atoms with Gasteiger partial charge in [0.1, 0.15) is 0 Å². The number of benzene rings is 2. The van der Waals surface area contributed by atoms with Gasteiger partial charge < -0.3 is 20.0 Å². The highest BCUT2D eigenvalue weighted by Crippen LogP contribution is 2.59. The summed E-state index contributed by atoms with van der Waals surface area (Å²) in [7, 11) is -3.15. The summed E-state index contributed by atoms with van der Waals surface area (Å²) in [5.74, 6) is 2.86. The third-order valence-electron chi connectivity index (χ3n) is 11.1. The molecule has 5 fully saturated rings. The maximum atomic E-state index is 13.8. The van der Waals surface area contributed by atoms with Crippen LogP contribution in [0.25, 0.3) is 0 Å². The Hall–Kier alpha value is -3.11. The van der Waals surface area contributed by atoms with Gasteiger partial charge in [0.15, 0.2) is 0 Å². The fourth-order valence-electron chi connectivity index (χ4n) is 9.56. The van der Waals surface area contributed by atoms with Gasteiger partial charge in [0, 0.05) is 69.5 Å².